The molecule has 1 atom stereocenters. The zero-order valence-electron chi connectivity index (χ0n) is 13.3. The molecule has 0 bridgehead atoms. The van der Waals surface area contributed by atoms with Crippen molar-refractivity contribution in [3.8, 4) is 11.4 Å². The third kappa shape index (κ3) is 4.44. The van der Waals surface area contributed by atoms with Crippen LogP contribution in [0.1, 0.15) is 20.8 Å². The molecule has 0 radical (unpaired) electrons. The highest BCUT2D eigenvalue weighted by Gasteiger charge is 2.19. The molecule has 124 valence electrons. The van der Waals surface area contributed by atoms with E-state index in [9.17, 15) is 9.18 Å². The quantitative estimate of drug-likeness (QED) is 0.622. The monoisotopic (exact) mass is 337 g/mol. The van der Waals surface area contributed by atoms with Gasteiger partial charge in [0.25, 0.3) is 0 Å². The fourth-order valence-electron chi connectivity index (χ4n) is 1.81. The van der Waals surface area contributed by atoms with Gasteiger partial charge in [0.05, 0.1) is 5.25 Å². The Morgan fingerprint density at radius 2 is 1.96 bits per heavy atom. The van der Waals surface area contributed by atoms with Gasteiger partial charge in [0.1, 0.15) is 5.82 Å². The second kappa shape index (κ2) is 7.45. The molecule has 0 saturated carbocycles. The van der Waals surface area contributed by atoms with Crippen molar-refractivity contribution in [1.29, 1.82) is 0 Å². The minimum atomic E-state index is -0.346. The summed E-state index contributed by atoms with van der Waals surface area (Å²) in [5, 5.41) is 11.0. The van der Waals surface area contributed by atoms with E-state index in [0.717, 1.165) is 0 Å². The van der Waals surface area contributed by atoms with Crippen molar-refractivity contribution >= 4 is 17.7 Å². The van der Waals surface area contributed by atoms with Gasteiger partial charge >= 0.3 is 0 Å². The predicted molar refractivity (Wildman–Crippen MR) is 88.7 cm³/mol. The first kappa shape index (κ1) is 17.3. The van der Waals surface area contributed by atoms with Gasteiger partial charge in [-0.25, -0.2) is 9.07 Å². The molecule has 0 aliphatic rings. The summed E-state index contributed by atoms with van der Waals surface area (Å²) in [7, 11) is 0. The number of aromatic nitrogens is 3. The second-order valence-corrected chi connectivity index (χ2v) is 6.89. The molecule has 0 fully saturated rings. The molecule has 0 unspecified atom stereocenters. The van der Waals surface area contributed by atoms with Crippen LogP contribution in [0, 0.1) is 11.7 Å². The fourth-order valence-corrected chi connectivity index (χ4v) is 2.61. The average molecular weight is 337 g/mol. The predicted octanol–water partition coefficient (Wildman–Crippen LogP) is 2.05. The van der Waals surface area contributed by atoms with E-state index in [2.05, 4.69) is 15.5 Å². The number of halogens is 1. The Balaban J connectivity index is 2.07. The van der Waals surface area contributed by atoms with Crippen molar-refractivity contribution in [3.63, 3.8) is 0 Å². The van der Waals surface area contributed by atoms with Crippen molar-refractivity contribution in [3.05, 3.63) is 30.1 Å². The van der Waals surface area contributed by atoms with Gasteiger partial charge in [-0.05, 0) is 37.1 Å². The third-order valence-electron chi connectivity index (χ3n) is 3.10. The van der Waals surface area contributed by atoms with Gasteiger partial charge in [-0.15, -0.1) is 10.2 Å². The Hall–Kier alpha value is -2.09. The maximum Gasteiger partial charge on any atom is 0.233 e. The molecule has 2 aromatic rings. The molecule has 1 heterocycles. The van der Waals surface area contributed by atoms with Crippen molar-refractivity contribution in [2.45, 2.75) is 31.2 Å². The van der Waals surface area contributed by atoms with Crippen LogP contribution < -0.4 is 11.2 Å². The molecule has 3 N–H and O–H groups in total. The standard InChI is InChI=1S/C15H20FN5OS/c1-9(2)8-18-14(22)10(3)23-15-20-19-13(21(15)17)11-4-6-12(16)7-5-11/h4-7,9-10H,8,17H2,1-3H3,(H,18,22)/t10-/m0/s1. The van der Waals surface area contributed by atoms with E-state index in [1.165, 1.54) is 28.6 Å². The van der Waals surface area contributed by atoms with Crippen molar-refractivity contribution in [2.75, 3.05) is 12.4 Å². The Labute approximate surface area is 138 Å². The van der Waals surface area contributed by atoms with Crippen molar-refractivity contribution < 1.29 is 9.18 Å². The number of carbonyl (C=O) groups is 1. The number of hydrogen-bond donors (Lipinski definition) is 2. The van der Waals surface area contributed by atoms with Crippen LogP contribution in [0.25, 0.3) is 11.4 Å². The zero-order chi connectivity index (χ0) is 17.0. The SMILES string of the molecule is CC(C)CNC(=O)[C@H](C)Sc1nnc(-c2ccc(F)cc2)n1N. The number of hydrogen-bond acceptors (Lipinski definition) is 5. The van der Waals surface area contributed by atoms with E-state index < -0.39 is 0 Å². The molecule has 1 aromatic heterocycles. The Morgan fingerprint density at radius 3 is 2.57 bits per heavy atom. The summed E-state index contributed by atoms with van der Waals surface area (Å²) < 4.78 is 14.3. The smallest absolute Gasteiger partial charge is 0.233 e. The van der Waals surface area contributed by atoms with Gasteiger partial charge in [0, 0.05) is 12.1 Å². The summed E-state index contributed by atoms with van der Waals surface area (Å²) in [6.45, 7) is 6.47. The minimum absolute atomic E-state index is 0.0740. The highest BCUT2D eigenvalue weighted by Crippen LogP contribution is 2.24. The number of carbonyl (C=O) groups excluding carboxylic acids is 1. The largest absolute Gasteiger partial charge is 0.355 e. The molecule has 0 spiro atoms. The summed E-state index contributed by atoms with van der Waals surface area (Å²) in [5.74, 6) is 6.39. The topological polar surface area (TPSA) is 85.8 Å². The molecule has 6 nitrogen and oxygen atoms in total. The van der Waals surface area contributed by atoms with E-state index in [1.54, 1.807) is 19.1 Å². The average Bonchev–Trinajstić information content (AvgIpc) is 2.86. The molecule has 8 heteroatoms. The van der Waals surface area contributed by atoms with Gasteiger partial charge in [-0.3, -0.25) is 4.79 Å². The molecule has 0 aliphatic carbocycles. The van der Waals surface area contributed by atoms with Crippen LogP contribution in [0.3, 0.4) is 0 Å². The van der Waals surface area contributed by atoms with Gasteiger partial charge < -0.3 is 11.2 Å². The molecule has 1 aromatic carbocycles. The van der Waals surface area contributed by atoms with Gasteiger partial charge in [0.2, 0.25) is 11.1 Å². The molecule has 2 rings (SSSR count). The Morgan fingerprint density at radius 1 is 1.30 bits per heavy atom. The number of nitrogens with one attached hydrogen (secondary N) is 1. The third-order valence-corrected chi connectivity index (χ3v) is 4.16. The maximum atomic E-state index is 13.0. The van der Waals surface area contributed by atoms with Gasteiger partial charge in [-0.2, -0.15) is 0 Å². The summed E-state index contributed by atoms with van der Waals surface area (Å²) in [5.41, 5.74) is 0.658. The Bertz CT molecular complexity index is 671. The summed E-state index contributed by atoms with van der Waals surface area (Å²) in [6, 6.07) is 5.82. The van der Waals surface area contributed by atoms with Crippen LogP contribution in [0.4, 0.5) is 4.39 Å². The van der Waals surface area contributed by atoms with E-state index in [1.807, 2.05) is 13.8 Å². The maximum absolute atomic E-state index is 13.0. The van der Waals surface area contributed by atoms with Crippen LogP contribution in [-0.4, -0.2) is 32.6 Å². The summed E-state index contributed by atoms with van der Waals surface area (Å²) in [4.78, 5) is 12.0. The number of nitrogens with two attached hydrogens (primary N) is 1. The second-order valence-electron chi connectivity index (χ2n) is 5.58. The lowest BCUT2D eigenvalue weighted by atomic mass is 10.2. The van der Waals surface area contributed by atoms with Gasteiger partial charge in [-0.1, -0.05) is 25.6 Å². The number of thioether (sulfide) groups is 1. The Kier molecular flexibility index (Phi) is 5.59. The normalized spacial score (nSPS) is 12.4. The van der Waals surface area contributed by atoms with Crippen molar-refractivity contribution in [2.24, 2.45) is 5.92 Å². The molecule has 1 amide bonds. The minimum Gasteiger partial charge on any atom is -0.355 e. The van der Waals surface area contributed by atoms with E-state index in [4.69, 9.17) is 5.84 Å². The molecular formula is C15H20FN5OS. The first-order chi connectivity index (χ1) is 10.9. The highest BCUT2D eigenvalue weighted by atomic mass is 32.2. The zero-order valence-corrected chi connectivity index (χ0v) is 14.1. The lowest BCUT2D eigenvalue weighted by Crippen LogP contribution is -2.33. The number of benzene rings is 1. The first-order valence-corrected chi connectivity index (χ1v) is 8.17. The fraction of sp³-hybridized carbons (Fsp3) is 0.400. The van der Waals surface area contributed by atoms with E-state index >= 15 is 0 Å². The first-order valence-electron chi connectivity index (χ1n) is 7.29. The molecule has 0 saturated heterocycles. The van der Waals surface area contributed by atoms with Crippen LogP contribution >= 0.6 is 11.8 Å². The highest BCUT2D eigenvalue weighted by molar-refractivity contribution is 8.00. The van der Waals surface area contributed by atoms with Crippen LogP contribution in [0.2, 0.25) is 0 Å². The van der Waals surface area contributed by atoms with Crippen molar-refractivity contribution in [1.82, 2.24) is 20.2 Å². The summed E-state index contributed by atoms with van der Waals surface area (Å²) >= 11 is 1.23. The van der Waals surface area contributed by atoms with Crippen LogP contribution in [0.5, 0.6) is 0 Å². The number of nitrogens with zero attached hydrogens (tertiary/aromatic N) is 3. The lowest BCUT2D eigenvalue weighted by Gasteiger charge is -2.12. The summed E-state index contributed by atoms with van der Waals surface area (Å²) in [6.07, 6.45) is 0. The molecule has 0 aliphatic heterocycles. The lowest BCUT2D eigenvalue weighted by molar-refractivity contribution is -0.120. The van der Waals surface area contributed by atoms with E-state index in [0.29, 0.717) is 29.0 Å². The number of amides is 1. The van der Waals surface area contributed by atoms with Crippen LogP contribution in [-0.2, 0) is 4.79 Å². The molecular weight excluding hydrogens is 317 g/mol. The molecule has 23 heavy (non-hydrogen) atoms. The van der Waals surface area contributed by atoms with Gasteiger partial charge in [0.15, 0.2) is 5.82 Å². The van der Waals surface area contributed by atoms with E-state index in [-0.39, 0.29) is 17.0 Å². The number of rotatable bonds is 6. The van der Waals surface area contributed by atoms with Crippen LogP contribution in [0.15, 0.2) is 29.4 Å². The number of nitrogen functional groups attached to an aromatic ring is 1.